The molecule has 0 saturated carbocycles. The van der Waals surface area contributed by atoms with Crippen LogP contribution in [0.25, 0.3) is 0 Å². The maximum atomic E-state index is 6.07. The van der Waals surface area contributed by atoms with Crippen LogP contribution in [0.3, 0.4) is 0 Å². The number of rotatable bonds is 2. The van der Waals surface area contributed by atoms with E-state index in [4.69, 9.17) is 11.6 Å². The molecule has 0 atom stereocenters. The number of halogens is 1. The van der Waals surface area contributed by atoms with Gasteiger partial charge in [0, 0.05) is 19.4 Å². The summed E-state index contributed by atoms with van der Waals surface area (Å²) >= 11 is 6.07. The van der Waals surface area contributed by atoms with Gasteiger partial charge < -0.3 is 4.90 Å². The van der Waals surface area contributed by atoms with E-state index < -0.39 is 0 Å². The van der Waals surface area contributed by atoms with Crippen LogP contribution in [0.15, 0.2) is 42.7 Å². The van der Waals surface area contributed by atoms with E-state index in [1.54, 1.807) is 18.5 Å². The number of hydrogen-bond acceptors (Lipinski definition) is 3. The molecule has 0 aliphatic carbocycles. The molecular weight excluding hydrogens is 210 g/mol. The highest BCUT2D eigenvalue weighted by Crippen LogP contribution is 2.27. The summed E-state index contributed by atoms with van der Waals surface area (Å²) in [4.78, 5) is 10.2. The van der Waals surface area contributed by atoms with E-state index in [0.717, 1.165) is 5.69 Å². The number of aromatic nitrogens is 2. The highest BCUT2D eigenvalue weighted by Gasteiger charge is 2.08. The maximum absolute atomic E-state index is 6.07. The lowest BCUT2D eigenvalue weighted by molar-refractivity contribution is 1.04. The van der Waals surface area contributed by atoms with E-state index in [2.05, 4.69) is 9.97 Å². The van der Waals surface area contributed by atoms with Gasteiger partial charge >= 0.3 is 0 Å². The fraction of sp³-hybridized carbons (Fsp3) is 0.0909. The van der Waals surface area contributed by atoms with Crippen molar-refractivity contribution in [2.45, 2.75) is 0 Å². The van der Waals surface area contributed by atoms with Crippen LogP contribution in [0.1, 0.15) is 0 Å². The number of benzene rings is 1. The topological polar surface area (TPSA) is 29.0 Å². The fourth-order valence-electron chi connectivity index (χ4n) is 1.30. The van der Waals surface area contributed by atoms with Crippen LogP contribution in [0.4, 0.5) is 11.6 Å². The van der Waals surface area contributed by atoms with Crippen LogP contribution in [0, 0.1) is 0 Å². The smallest absolute Gasteiger partial charge is 0.229 e. The lowest BCUT2D eigenvalue weighted by atomic mass is 10.3. The van der Waals surface area contributed by atoms with Gasteiger partial charge in [-0.1, -0.05) is 23.7 Å². The molecule has 2 rings (SSSR count). The molecule has 0 aliphatic rings. The molecule has 0 unspecified atom stereocenters. The molecule has 3 nitrogen and oxygen atoms in total. The average Bonchev–Trinajstić information content (AvgIpc) is 2.30. The molecule has 0 amide bonds. The van der Waals surface area contributed by atoms with Crippen LogP contribution in [-0.4, -0.2) is 17.0 Å². The summed E-state index contributed by atoms with van der Waals surface area (Å²) in [5.74, 6) is 0.630. The molecule has 0 N–H and O–H groups in total. The van der Waals surface area contributed by atoms with Crippen LogP contribution < -0.4 is 4.90 Å². The fourth-order valence-corrected chi connectivity index (χ4v) is 1.56. The van der Waals surface area contributed by atoms with Gasteiger partial charge in [-0.2, -0.15) is 0 Å². The van der Waals surface area contributed by atoms with E-state index in [0.29, 0.717) is 11.0 Å². The first-order valence-electron chi connectivity index (χ1n) is 4.54. The predicted molar refractivity (Wildman–Crippen MR) is 61.5 cm³/mol. The molecule has 0 radical (unpaired) electrons. The molecule has 0 spiro atoms. The molecule has 0 bridgehead atoms. The Bertz CT molecular complexity index is 445. The summed E-state index contributed by atoms with van der Waals surface area (Å²) in [7, 11) is 1.89. The normalized spacial score (nSPS) is 10.0. The van der Waals surface area contributed by atoms with Gasteiger partial charge in [0.05, 0.1) is 10.7 Å². The Hall–Kier alpha value is -1.61. The zero-order chi connectivity index (χ0) is 10.7. The minimum Gasteiger partial charge on any atom is -0.312 e. The van der Waals surface area contributed by atoms with Gasteiger partial charge in [-0.05, 0) is 18.2 Å². The number of para-hydroxylation sites is 1. The second-order valence-corrected chi connectivity index (χ2v) is 3.47. The van der Waals surface area contributed by atoms with Crippen molar-refractivity contribution in [3.63, 3.8) is 0 Å². The van der Waals surface area contributed by atoms with Crippen LogP contribution in [-0.2, 0) is 0 Å². The Balaban J connectivity index is 2.37. The van der Waals surface area contributed by atoms with Gasteiger partial charge in [0.1, 0.15) is 0 Å². The van der Waals surface area contributed by atoms with Gasteiger partial charge in [-0.3, -0.25) is 0 Å². The highest BCUT2D eigenvalue weighted by atomic mass is 35.5. The predicted octanol–water partition coefficient (Wildman–Crippen LogP) is 2.90. The van der Waals surface area contributed by atoms with Crippen LogP contribution in [0.5, 0.6) is 0 Å². The highest BCUT2D eigenvalue weighted by molar-refractivity contribution is 6.33. The molecule has 15 heavy (non-hydrogen) atoms. The Morgan fingerprint density at radius 3 is 2.40 bits per heavy atom. The van der Waals surface area contributed by atoms with E-state index in [-0.39, 0.29) is 0 Å². The first kappa shape index (κ1) is 9.93. The lowest BCUT2D eigenvalue weighted by Crippen LogP contribution is -2.12. The zero-order valence-electron chi connectivity index (χ0n) is 8.26. The van der Waals surface area contributed by atoms with E-state index in [1.807, 2.05) is 36.2 Å². The van der Waals surface area contributed by atoms with Crippen molar-refractivity contribution < 1.29 is 0 Å². The number of nitrogens with zero attached hydrogens (tertiary/aromatic N) is 3. The van der Waals surface area contributed by atoms with E-state index in [1.165, 1.54) is 0 Å². The first-order chi connectivity index (χ1) is 7.29. The Kier molecular flexibility index (Phi) is 2.83. The molecule has 0 saturated heterocycles. The van der Waals surface area contributed by atoms with Gasteiger partial charge in [-0.25, -0.2) is 9.97 Å². The minimum atomic E-state index is 0.630. The van der Waals surface area contributed by atoms with Gasteiger partial charge in [0.15, 0.2) is 0 Å². The van der Waals surface area contributed by atoms with Crippen molar-refractivity contribution in [1.82, 2.24) is 9.97 Å². The molecule has 4 heteroatoms. The van der Waals surface area contributed by atoms with Gasteiger partial charge in [0.25, 0.3) is 0 Å². The quantitative estimate of drug-likeness (QED) is 0.778. The third kappa shape index (κ3) is 2.07. The first-order valence-corrected chi connectivity index (χ1v) is 4.92. The second kappa shape index (κ2) is 4.28. The molecule has 0 aliphatic heterocycles. The standard InChI is InChI=1S/C11H10ClN3/c1-15(11-13-7-4-8-14-11)10-6-3-2-5-9(10)12/h2-8H,1H3. The Morgan fingerprint density at radius 1 is 1.07 bits per heavy atom. The second-order valence-electron chi connectivity index (χ2n) is 3.06. The maximum Gasteiger partial charge on any atom is 0.229 e. The SMILES string of the molecule is CN(c1ncccn1)c1ccccc1Cl. The number of anilines is 2. The molecule has 1 aromatic heterocycles. The van der Waals surface area contributed by atoms with Crippen molar-refractivity contribution in [1.29, 1.82) is 0 Å². The third-order valence-electron chi connectivity index (χ3n) is 2.07. The Morgan fingerprint density at radius 2 is 1.73 bits per heavy atom. The van der Waals surface area contributed by atoms with Crippen molar-refractivity contribution in [3.8, 4) is 0 Å². The largest absolute Gasteiger partial charge is 0.312 e. The van der Waals surface area contributed by atoms with Gasteiger partial charge in [0.2, 0.25) is 5.95 Å². The summed E-state index contributed by atoms with van der Waals surface area (Å²) in [5.41, 5.74) is 0.894. The summed E-state index contributed by atoms with van der Waals surface area (Å²) in [5, 5.41) is 0.687. The molecular formula is C11H10ClN3. The molecule has 0 fully saturated rings. The van der Waals surface area contributed by atoms with Crippen molar-refractivity contribution >= 4 is 23.2 Å². The minimum absolute atomic E-state index is 0.630. The molecule has 76 valence electrons. The lowest BCUT2D eigenvalue weighted by Gasteiger charge is -2.17. The van der Waals surface area contributed by atoms with E-state index >= 15 is 0 Å². The monoisotopic (exact) mass is 219 g/mol. The Labute approximate surface area is 93.4 Å². The van der Waals surface area contributed by atoms with Crippen LogP contribution in [0.2, 0.25) is 5.02 Å². The summed E-state index contributed by atoms with van der Waals surface area (Å²) in [6.45, 7) is 0. The summed E-state index contributed by atoms with van der Waals surface area (Å²) < 4.78 is 0. The molecule has 1 aromatic carbocycles. The van der Waals surface area contributed by atoms with Crippen molar-refractivity contribution in [2.24, 2.45) is 0 Å². The zero-order valence-corrected chi connectivity index (χ0v) is 9.02. The van der Waals surface area contributed by atoms with Crippen LogP contribution >= 0.6 is 11.6 Å². The van der Waals surface area contributed by atoms with Gasteiger partial charge in [-0.15, -0.1) is 0 Å². The van der Waals surface area contributed by atoms with Crippen molar-refractivity contribution in [2.75, 3.05) is 11.9 Å². The molecule has 2 aromatic rings. The molecule has 1 heterocycles. The summed E-state index contributed by atoms with van der Waals surface area (Å²) in [6.07, 6.45) is 3.41. The number of hydrogen-bond donors (Lipinski definition) is 0. The van der Waals surface area contributed by atoms with Crippen molar-refractivity contribution in [3.05, 3.63) is 47.7 Å². The van der Waals surface area contributed by atoms with E-state index in [9.17, 15) is 0 Å². The average molecular weight is 220 g/mol. The summed E-state index contributed by atoms with van der Waals surface area (Å²) in [6, 6.07) is 9.38. The third-order valence-corrected chi connectivity index (χ3v) is 2.39.